The van der Waals surface area contributed by atoms with Crippen LogP contribution in [-0.2, 0) is 25.7 Å². The molecule has 0 aliphatic heterocycles. The zero-order chi connectivity index (χ0) is 29.6. The van der Waals surface area contributed by atoms with Crippen LogP contribution in [0.3, 0.4) is 0 Å². The van der Waals surface area contributed by atoms with Gasteiger partial charge in [-0.2, -0.15) is 13.2 Å². The fourth-order valence-electron chi connectivity index (χ4n) is 4.38. The van der Waals surface area contributed by atoms with Crippen molar-refractivity contribution >= 4 is 0 Å². The van der Waals surface area contributed by atoms with Gasteiger partial charge in [-0.25, -0.2) is 13.6 Å². The van der Waals surface area contributed by atoms with E-state index in [-0.39, 0.29) is 35.5 Å². The van der Waals surface area contributed by atoms with Crippen molar-refractivity contribution in [1.29, 1.82) is 0 Å². The van der Waals surface area contributed by atoms with Gasteiger partial charge >= 0.3 is 11.9 Å². The molecule has 0 unspecified atom stereocenters. The first-order valence-corrected chi connectivity index (χ1v) is 12.2. The van der Waals surface area contributed by atoms with Gasteiger partial charge in [0.15, 0.2) is 11.6 Å². The topological polar surface area (TPSA) is 79.2 Å². The highest BCUT2D eigenvalue weighted by Gasteiger charge is 2.35. The smallest absolute Gasteiger partial charge is 0.416 e. The number of rotatable bonds is 7. The summed E-state index contributed by atoms with van der Waals surface area (Å²) in [6.07, 6.45) is -4.65. The van der Waals surface area contributed by atoms with E-state index >= 15 is 4.39 Å². The number of ether oxygens (including phenoxy) is 1. The molecule has 6 nitrogen and oxygen atoms in total. The average Bonchev–Trinajstić information content (AvgIpc) is 2.93. The Labute approximate surface area is 227 Å². The molecule has 4 rings (SSSR count). The van der Waals surface area contributed by atoms with Gasteiger partial charge in [-0.1, -0.05) is 48.5 Å². The first kappa shape index (κ1) is 30.3. The zero-order valence-corrected chi connectivity index (χ0v) is 22.1. The third-order valence-electron chi connectivity index (χ3n) is 6.35. The average molecular weight is 562 g/mol. The van der Waals surface area contributed by atoms with Crippen LogP contribution in [0.5, 0.6) is 5.75 Å². The molecule has 11 heteroatoms. The minimum Gasteiger partial charge on any atom is -0.494 e. The van der Waals surface area contributed by atoms with Crippen molar-refractivity contribution in [3.8, 4) is 16.9 Å². The molecule has 1 heterocycles. The molecule has 0 amide bonds. The Morgan fingerprint density at radius 3 is 2.15 bits per heavy atom. The lowest BCUT2D eigenvalue weighted by molar-refractivity contribution is -0.138. The minimum absolute atomic E-state index is 0.112. The summed E-state index contributed by atoms with van der Waals surface area (Å²) in [6, 6.07) is 15.5. The molecular formula is C29H28F5N3O3. The highest BCUT2D eigenvalue weighted by atomic mass is 19.4. The maximum absolute atomic E-state index is 15.3. The van der Waals surface area contributed by atoms with Crippen molar-refractivity contribution in [2.75, 3.05) is 14.2 Å². The quantitative estimate of drug-likeness (QED) is 0.317. The summed E-state index contributed by atoms with van der Waals surface area (Å²) in [5.41, 5.74) is 0.976. The second-order valence-electron chi connectivity index (χ2n) is 8.61. The van der Waals surface area contributed by atoms with Crippen molar-refractivity contribution < 1.29 is 26.7 Å². The maximum atomic E-state index is 15.3. The van der Waals surface area contributed by atoms with Crippen molar-refractivity contribution in [1.82, 2.24) is 9.13 Å². The van der Waals surface area contributed by atoms with E-state index in [0.717, 1.165) is 26.8 Å². The largest absolute Gasteiger partial charge is 0.494 e. The maximum Gasteiger partial charge on any atom is 0.416 e. The second-order valence-corrected chi connectivity index (χ2v) is 8.61. The molecular weight excluding hydrogens is 533 g/mol. The van der Waals surface area contributed by atoms with E-state index in [0.29, 0.717) is 6.07 Å². The summed E-state index contributed by atoms with van der Waals surface area (Å²) >= 11 is 0. The Morgan fingerprint density at radius 2 is 1.52 bits per heavy atom. The second kappa shape index (κ2) is 12.7. The third kappa shape index (κ3) is 6.15. The van der Waals surface area contributed by atoms with Crippen LogP contribution < -0.4 is 21.7 Å². The third-order valence-corrected chi connectivity index (χ3v) is 6.35. The Kier molecular flexibility index (Phi) is 9.65. The summed E-state index contributed by atoms with van der Waals surface area (Å²) in [4.78, 5) is 27.1. The first-order chi connectivity index (χ1) is 19.0. The summed E-state index contributed by atoms with van der Waals surface area (Å²) in [5.74, 6) is -2.21. The number of methoxy groups -OCH3 is 1. The van der Waals surface area contributed by atoms with Gasteiger partial charge in [0.25, 0.3) is 5.56 Å². The highest BCUT2D eigenvalue weighted by Crippen LogP contribution is 2.34. The summed E-state index contributed by atoms with van der Waals surface area (Å²) in [6.45, 7) is 0.354. The van der Waals surface area contributed by atoms with Crippen molar-refractivity contribution in [3.05, 3.63) is 122 Å². The molecule has 212 valence electrons. The number of nitrogens with zero attached hydrogens (tertiary/aromatic N) is 2. The molecule has 0 saturated heterocycles. The van der Waals surface area contributed by atoms with Crippen LogP contribution in [0.15, 0.2) is 76.3 Å². The molecule has 4 aromatic rings. The monoisotopic (exact) mass is 561 g/mol. The SMILES string of the molecule is CN.COc1cccc(-c2c(C)n(Cc3c(F)cccc3C(F)(F)F)c(=O)n(CCc3ccccc3)c2=O)c1F. The van der Waals surface area contributed by atoms with Gasteiger partial charge in [0.1, 0.15) is 5.82 Å². The summed E-state index contributed by atoms with van der Waals surface area (Å²) < 4.78 is 77.8. The molecule has 0 spiro atoms. The predicted molar refractivity (Wildman–Crippen MR) is 142 cm³/mol. The summed E-state index contributed by atoms with van der Waals surface area (Å²) in [7, 11) is 2.74. The number of hydrogen-bond acceptors (Lipinski definition) is 4. The van der Waals surface area contributed by atoms with Gasteiger partial charge in [0.2, 0.25) is 0 Å². The van der Waals surface area contributed by atoms with Crippen molar-refractivity contribution in [2.45, 2.75) is 32.6 Å². The number of aromatic nitrogens is 2. The van der Waals surface area contributed by atoms with Crippen LogP contribution >= 0.6 is 0 Å². The minimum atomic E-state index is -4.89. The van der Waals surface area contributed by atoms with Gasteiger partial charge in [-0.3, -0.25) is 13.9 Å². The number of hydrogen-bond donors (Lipinski definition) is 1. The Bertz CT molecular complexity index is 1600. The van der Waals surface area contributed by atoms with Crippen LogP contribution in [0.25, 0.3) is 11.1 Å². The molecule has 0 bridgehead atoms. The van der Waals surface area contributed by atoms with Crippen LogP contribution in [0.1, 0.15) is 22.4 Å². The van der Waals surface area contributed by atoms with E-state index in [2.05, 4.69) is 5.73 Å². The van der Waals surface area contributed by atoms with Crippen LogP contribution in [-0.4, -0.2) is 23.3 Å². The first-order valence-electron chi connectivity index (χ1n) is 12.2. The van der Waals surface area contributed by atoms with E-state index in [1.165, 1.54) is 39.3 Å². The molecule has 3 aromatic carbocycles. The van der Waals surface area contributed by atoms with Crippen LogP contribution in [0.2, 0.25) is 0 Å². The lowest BCUT2D eigenvalue weighted by Gasteiger charge is -2.20. The van der Waals surface area contributed by atoms with Crippen LogP contribution in [0.4, 0.5) is 22.0 Å². The lowest BCUT2D eigenvalue weighted by Crippen LogP contribution is -2.43. The Balaban J connectivity index is 0.00000216. The molecule has 40 heavy (non-hydrogen) atoms. The molecule has 0 fully saturated rings. The number of aryl methyl sites for hydroxylation is 1. The Morgan fingerprint density at radius 1 is 0.875 bits per heavy atom. The van der Waals surface area contributed by atoms with Crippen molar-refractivity contribution in [2.24, 2.45) is 5.73 Å². The van der Waals surface area contributed by atoms with E-state index in [1.807, 2.05) is 0 Å². The number of benzene rings is 3. The zero-order valence-electron chi connectivity index (χ0n) is 22.1. The fraction of sp³-hybridized carbons (Fsp3) is 0.241. The van der Waals surface area contributed by atoms with Gasteiger partial charge in [0.05, 0.1) is 24.8 Å². The van der Waals surface area contributed by atoms with E-state index in [4.69, 9.17) is 4.74 Å². The lowest BCUT2D eigenvalue weighted by atomic mass is 10.0. The van der Waals surface area contributed by atoms with Crippen LogP contribution in [0, 0.1) is 18.6 Å². The molecule has 0 aliphatic rings. The molecule has 2 N–H and O–H groups in total. The molecule has 1 aromatic heterocycles. The van der Waals surface area contributed by atoms with E-state index in [1.54, 1.807) is 30.3 Å². The van der Waals surface area contributed by atoms with Gasteiger partial charge in [-0.05, 0) is 44.2 Å². The highest BCUT2D eigenvalue weighted by molar-refractivity contribution is 5.67. The van der Waals surface area contributed by atoms with E-state index in [9.17, 15) is 27.2 Å². The normalized spacial score (nSPS) is 11.1. The molecule has 0 radical (unpaired) electrons. The van der Waals surface area contributed by atoms with Crippen molar-refractivity contribution in [3.63, 3.8) is 0 Å². The summed E-state index contributed by atoms with van der Waals surface area (Å²) in [5, 5.41) is 0. The molecule has 0 aliphatic carbocycles. The molecule has 0 atom stereocenters. The molecule has 0 saturated carbocycles. The van der Waals surface area contributed by atoms with Gasteiger partial charge in [0, 0.05) is 23.4 Å². The Hall–Kier alpha value is -4.25. The van der Waals surface area contributed by atoms with Gasteiger partial charge < -0.3 is 10.5 Å². The van der Waals surface area contributed by atoms with E-state index < -0.39 is 46.7 Å². The predicted octanol–water partition coefficient (Wildman–Crippen LogP) is 5.16. The fourth-order valence-corrected chi connectivity index (χ4v) is 4.38. The number of halogens is 5. The number of alkyl halides is 3. The number of nitrogens with two attached hydrogens (primary N) is 1. The standard InChI is InChI=1S/C28H23F5N2O3.CH5N/c1-17-24(19-10-6-13-23(38-2)25(19)30)26(36)34(15-14-18-8-4-3-5-9-18)27(37)35(17)16-20-21(28(31,32)33)11-7-12-22(20)29;1-2/h3-13H,14-16H2,1-2H3;2H2,1H3. The van der Waals surface area contributed by atoms with Gasteiger partial charge in [-0.15, -0.1) is 0 Å².